The molecule has 1 aromatic rings. The van der Waals surface area contributed by atoms with Crippen LogP contribution in [0.5, 0.6) is 5.75 Å². The van der Waals surface area contributed by atoms with Gasteiger partial charge in [0.2, 0.25) is 0 Å². The number of halogens is 5. The Balaban J connectivity index is 1.01. The summed E-state index contributed by atoms with van der Waals surface area (Å²) < 4.78 is 88.0. The van der Waals surface area contributed by atoms with E-state index in [1.165, 1.54) is 17.3 Å². The zero-order valence-electron chi connectivity index (χ0n) is 31.7. The third-order valence-corrected chi connectivity index (χ3v) is 14.5. The number of rotatable bonds is 18. The molecule has 2 heterocycles. The maximum absolute atomic E-state index is 13.1. The number of benzene rings is 1. The summed E-state index contributed by atoms with van der Waals surface area (Å²) in [4.78, 5) is 0. The van der Waals surface area contributed by atoms with E-state index in [0.29, 0.717) is 23.5 Å². The van der Waals surface area contributed by atoms with E-state index in [-0.39, 0.29) is 36.4 Å². The number of thioether (sulfide) groups is 1. The smallest absolute Gasteiger partial charge is 0.453 e. The van der Waals surface area contributed by atoms with Crippen LogP contribution in [0.3, 0.4) is 0 Å². The van der Waals surface area contributed by atoms with Crippen LogP contribution in [-0.4, -0.2) is 60.6 Å². The van der Waals surface area contributed by atoms with Gasteiger partial charge in [-0.25, -0.2) is 0 Å². The fourth-order valence-electron chi connectivity index (χ4n) is 10.4. The minimum Gasteiger partial charge on any atom is -0.465 e. The van der Waals surface area contributed by atoms with Crippen molar-refractivity contribution in [3.8, 4) is 5.75 Å². The van der Waals surface area contributed by atoms with Gasteiger partial charge in [-0.1, -0.05) is 51.5 Å². The lowest BCUT2D eigenvalue weighted by molar-refractivity contribution is -0.284. The van der Waals surface area contributed by atoms with E-state index in [1.807, 2.05) is 0 Å². The van der Waals surface area contributed by atoms with Crippen molar-refractivity contribution in [2.75, 3.05) is 24.7 Å². The first-order valence-corrected chi connectivity index (χ1v) is 22.0. The van der Waals surface area contributed by atoms with Crippen LogP contribution >= 0.6 is 11.8 Å². The van der Waals surface area contributed by atoms with Crippen molar-refractivity contribution in [2.24, 2.45) is 23.2 Å². The first-order valence-electron chi connectivity index (χ1n) is 20.9. The molecule has 2 aliphatic heterocycles. The van der Waals surface area contributed by atoms with Gasteiger partial charge >= 0.3 is 12.1 Å². The van der Waals surface area contributed by atoms with Gasteiger partial charge in [-0.2, -0.15) is 33.7 Å². The number of aliphatic hydroxyl groups excluding tert-OH is 1. The van der Waals surface area contributed by atoms with Gasteiger partial charge in [0.1, 0.15) is 5.75 Å². The SMILES string of the molecule is C[C@]12CC[C@@H]3c4ccc(O[C@@H]5CCCCO5)cc4[C@@H](O)[C@@H](CCCCCCCCCSCCCC(F)(F)C(F)(F)F)[C@H]3[C@@H]1CC[C@@H]2O[C@@H]1CCCCO1. The van der Waals surface area contributed by atoms with Crippen LogP contribution in [0.2, 0.25) is 0 Å². The van der Waals surface area contributed by atoms with Gasteiger partial charge in [0.15, 0.2) is 12.6 Å². The molecule has 0 amide bonds. The van der Waals surface area contributed by atoms with Gasteiger partial charge < -0.3 is 24.1 Å². The van der Waals surface area contributed by atoms with E-state index < -0.39 is 24.6 Å². The van der Waals surface area contributed by atoms with Crippen LogP contribution in [0.25, 0.3) is 0 Å². The molecule has 53 heavy (non-hydrogen) atoms. The molecule has 0 aromatic heterocycles. The third-order valence-electron chi connectivity index (χ3n) is 13.3. The molecular weight excluding hydrogens is 712 g/mol. The maximum Gasteiger partial charge on any atom is 0.453 e. The van der Waals surface area contributed by atoms with Gasteiger partial charge in [-0.3, -0.25) is 0 Å². The monoisotopic (exact) mass is 774 g/mol. The highest BCUT2D eigenvalue weighted by atomic mass is 32.2. The molecule has 0 spiro atoms. The Kier molecular flexibility index (Phi) is 14.8. The minimum absolute atomic E-state index is 0.0747. The van der Waals surface area contributed by atoms with E-state index in [1.54, 1.807) is 0 Å². The zero-order chi connectivity index (χ0) is 37.5. The number of hydrogen-bond acceptors (Lipinski definition) is 6. The van der Waals surface area contributed by atoms with Crippen LogP contribution in [0.1, 0.15) is 158 Å². The molecule has 5 aliphatic rings. The first kappa shape index (κ1) is 41.5. The van der Waals surface area contributed by atoms with Crippen molar-refractivity contribution in [2.45, 2.75) is 178 Å². The van der Waals surface area contributed by atoms with E-state index in [0.717, 1.165) is 146 Å². The quantitative estimate of drug-likeness (QED) is 0.118. The summed E-state index contributed by atoms with van der Waals surface area (Å²) in [6.45, 7) is 3.97. The Hall–Kier alpha value is -1.14. The van der Waals surface area contributed by atoms with E-state index >= 15 is 0 Å². The fourth-order valence-corrected chi connectivity index (χ4v) is 11.4. The predicted octanol–water partition coefficient (Wildman–Crippen LogP) is 11.9. The molecule has 2 saturated heterocycles. The number of hydrogen-bond donors (Lipinski definition) is 1. The molecule has 4 fully saturated rings. The van der Waals surface area contributed by atoms with E-state index in [4.69, 9.17) is 18.9 Å². The molecular formula is C42H63F5O5S. The Morgan fingerprint density at radius 2 is 1.47 bits per heavy atom. The van der Waals surface area contributed by atoms with Crippen molar-refractivity contribution in [1.29, 1.82) is 0 Å². The number of aliphatic hydroxyl groups is 1. The molecule has 0 radical (unpaired) electrons. The second-order valence-corrected chi connectivity index (χ2v) is 18.1. The Morgan fingerprint density at radius 3 is 2.17 bits per heavy atom. The zero-order valence-corrected chi connectivity index (χ0v) is 32.5. The largest absolute Gasteiger partial charge is 0.465 e. The molecule has 11 heteroatoms. The highest BCUT2D eigenvalue weighted by Gasteiger charge is 2.59. The molecule has 1 N–H and O–H groups in total. The Bertz CT molecular complexity index is 1270. The molecule has 3 aliphatic carbocycles. The molecule has 9 atom stereocenters. The van der Waals surface area contributed by atoms with Gasteiger partial charge in [-0.05, 0) is 141 Å². The van der Waals surface area contributed by atoms with Gasteiger partial charge in [-0.15, -0.1) is 0 Å². The normalized spacial score (nSPS) is 33.3. The van der Waals surface area contributed by atoms with Crippen molar-refractivity contribution >= 4 is 11.8 Å². The van der Waals surface area contributed by atoms with Crippen LogP contribution < -0.4 is 4.74 Å². The second-order valence-electron chi connectivity index (χ2n) is 16.8. The minimum atomic E-state index is -5.46. The lowest BCUT2D eigenvalue weighted by Crippen LogP contribution is -2.49. The second kappa shape index (κ2) is 18.9. The van der Waals surface area contributed by atoms with Gasteiger partial charge in [0.05, 0.1) is 18.8 Å². The summed E-state index contributed by atoms with van der Waals surface area (Å²) in [6, 6.07) is 6.43. The van der Waals surface area contributed by atoms with Gasteiger partial charge in [0, 0.05) is 19.4 Å². The number of alkyl halides is 5. The summed E-state index contributed by atoms with van der Waals surface area (Å²) in [5, 5.41) is 12.2. The number of ether oxygens (including phenoxy) is 4. The average Bonchev–Trinajstić information content (AvgIpc) is 3.47. The van der Waals surface area contributed by atoms with Crippen molar-refractivity contribution in [1.82, 2.24) is 0 Å². The van der Waals surface area contributed by atoms with Crippen LogP contribution in [0.15, 0.2) is 18.2 Å². The summed E-state index contributed by atoms with van der Waals surface area (Å²) in [5.41, 5.74) is 2.42. The highest BCUT2D eigenvalue weighted by molar-refractivity contribution is 7.99. The predicted molar refractivity (Wildman–Crippen MR) is 198 cm³/mol. The van der Waals surface area contributed by atoms with E-state index in [9.17, 15) is 27.1 Å². The van der Waals surface area contributed by atoms with Crippen LogP contribution in [-0.2, 0) is 14.2 Å². The summed E-state index contributed by atoms with van der Waals surface area (Å²) in [6.07, 6.45) is 11.9. The molecule has 0 unspecified atom stereocenters. The Morgan fingerprint density at radius 1 is 0.792 bits per heavy atom. The topological polar surface area (TPSA) is 57.2 Å². The Labute approximate surface area is 318 Å². The maximum atomic E-state index is 13.1. The lowest BCUT2D eigenvalue weighted by Gasteiger charge is -2.55. The highest BCUT2D eigenvalue weighted by Crippen LogP contribution is 2.65. The van der Waals surface area contributed by atoms with Crippen LogP contribution in [0, 0.1) is 23.2 Å². The van der Waals surface area contributed by atoms with Crippen LogP contribution in [0.4, 0.5) is 22.0 Å². The molecule has 1 aromatic carbocycles. The fraction of sp³-hybridized carbons (Fsp3) is 0.857. The standard InChI is InChI=1S/C42H63F5O5S/c1-40-23-21-31-30-18-17-29(51-36-15-8-10-24-49-36)28-33(30)39(48)32(38(31)34(40)19-20-35(40)52-37-16-9-11-25-50-37)14-7-5-3-2-4-6-12-26-53-27-13-22-41(43,44)42(45,46)47/h17-18,28,31-32,34-39,48H,2-16,19-27H2,1H3/t31-,32+,34+,35+,36-,37-,38+,39+,40+/m1/s1. The third kappa shape index (κ3) is 10.2. The molecule has 2 saturated carbocycles. The average molecular weight is 775 g/mol. The van der Waals surface area contributed by atoms with Crippen molar-refractivity contribution in [3.05, 3.63) is 29.3 Å². The number of unbranched alkanes of at least 4 members (excludes halogenated alkanes) is 6. The first-order chi connectivity index (χ1) is 25.5. The molecule has 6 rings (SSSR count). The van der Waals surface area contributed by atoms with Gasteiger partial charge in [0.25, 0.3) is 0 Å². The molecule has 302 valence electrons. The summed E-state index contributed by atoms with van der Waals surface area (Å²) in [5.74, 6) is -1.19. The van der Waals surface area contributed by atoms with Crippen molar-refractivity contribution < 1.29 is 46.0 Å². The lowest BCUT2D eigenvalue weighted by atomic mass is 9.51. The summed E-state index contributed by atoms with van der Waals surface area (Å²) >= 11 is 1.47. The van der Waals surface area contributed by atoms with Crippen molar-refractivity contribution in [3.63, 3.8) is 0 Å². The molecule has 0 bridgehead atoms. The molecule has 5 nitrogen and oxygen atoms in total. The van der Waals surface area contributed by atoms with E-state index in [2.05, 4.69) is 25.1 Å². The summed E-state index contributed by atoms with van der Waals surface area (Å²) in [7, 11) is 0. The number of fused-ring (bicyclic) bond motifs is 5.